The predicted octanol–water partition coefficient (Wildman–Crippen LogP) is 3.12. The molecule has 1 N–H and O–H groups in total. The van der Waals surface area contributed by atoms with Gasteiger partial charge in [0, 0.05) is 19.1 Å². The average Bonchev–Trinajstić information content (AvgIpc) is 3.31. The first-order valence-electron chi connectivity index (χ1n) is 7.56. The van der Waals surface area contributed by atoms with E-state index in [4.69, 9.17) is 4.74 Å². The van der Waals surface area contributed by atoms with E-state index in [0.29, 0.717) is 6.04 Å². The Morgan fingerprint density at radius 2 is 2.00 bits per heavy atom. The number of hydrogen-bond acceptors (Lipinski definition) is 3. The highest BCUT2D eigenvalue weighted by Gasteiger charge is 2.30. The number of nitrogens with zero attached hydrogens (tertiary/aromatic N) is 1. The molecule has 1 heterocycles. The number of morpholine rings is 1. The van der Waals surface area contributed by atoms with E-state index in [1.54, 1.807) is 0 Å². The lowest BCUT2D eigenvalue weighted by Crippen LogP contribution is -2.37. The maximum absolute atomic E-state index is 5.45. The summed E-state index contributed by atoms with van der Waals surface area (Å²) < 4.78 is 5.45. The fraction of sp³-hybridized carbons (Fsp3) is 0.625. The molecule has 3 heteroatoms. The van der Waals surface area contributed by atoms with E-state index in [0.717, 1.165) is 32.2 Å². The van der Waals surface area contributed by atoms with Crippen LogP contribution in [0.25, 0.3) is 0 Å². The normalized spacial score (nSPS) is 21.2. The van der Waals surface area contributed by atoms with Crippen LogP contribution < -0.4 is 10.2 Å². The highest BCUT2D eigenvalue weighted by molar-refractivity contribution is 5.70. The molecule has 1 atom stereocenters. The van der Waals surface area contributed by atoms with Crippen LogP contribution in [0.1, 0.15) is 26.2 Å². The molecule has 1 saturated heterocycles. The highest BCUT2D eigenvalue weighted by atomic mass is 16.5. The summed E-state index contributed by atoms with van der Waals surface area (Å²) in [7, 11) is 0. The molecule has 0 radical (unpaired) electrons. The summed E-state index contributed by atoms with van der Waals surface area (Å²) in [5.74, 6) is 0.891. The molecule has 1 aromatic rings. The van der Waals surface area contributed by atoms with Crippen molar-refractivity contribution < 1.29 is 4.74 Å². The van der Waals surface area contributed by atoms with E-state index in [-0.39, 0.29) is 0 Å². The SMILES string of the molecule is CCC(Nc1ccccc1N1CCOCC1)C1CC1. The second-order valence-electron chi connectivity index (χ2n) is 5.61. The van der Waals surface area contributed by atoms with Crippen molar-refractivity contribution in [3.8, 4) is 0 Å². The molecule has 0 spiro atoms. The molecule has 1 aliphatic carbocycles. The minimum atomic E-state index is 0.641. The van der Waals surface area contributed by atoms with Crippen LogP contribution in [0.3, 0.4) is 0 Å². The second kappa shape index (κ2) is 5.83. The minimum Gasteiger partial charge on any atom is -0.380 e. The minimum absolute atomic E-state index is 0.641. The molecular weight excluding hydrogens is 236 g/mol. The maximum atomic E-state index is 5.45. The van der Waals surface area contributed by atoms with Gasteiger partial charge >= 0.3 is 0 Å². The lowest BCUT2D eigenvalue weighted by Gasteiger charge is -2.31. The first-order valence-corrected chi connectivity index (χ1v) is 7.56. The zero-order valence-electron chi connectivity index (χ0n) is 11.8. The van der Waals surface area contributed by atoms with Crippen molar-refractivity contribution in [2.24, 2.45) is 5.92 Å². The Morgan fingerprint density at radius 1 is 1.26 bits per heavy atom. The third kappa shape index (κ3) is 3.03. The van der Waals surface area contributed by atoms with Crippen LogP contribution in [-0.4, -0.2) is 32.3 Å². The standard InChI is InChI=1S/C16H24N2O/c1-2-14(13-7-8-13)17-15-5-3-4-6-16(15)18-9-11-19-12-10-18/h3-6,13-14,17H,2,7-12H2,1H3. The molecule has 19 heavy (non-hydrogen) atoms. The Bertz CT molecular complexity index is 411. The lowest BCUT2D eigenvalue weighted by atomic mass is 10.1. The van der Waals surface area contributed by atoms with Crippen LogP contribution in [0.4, 0.5) is 11.4 Å². The van der Waals surface area contributed by atoms with Gasteiger partial charge in [0.05, 0.1) is 24.6 Å². The molecular formula is C16H24N2O. The summed E-state index contributed by atoms with van der Waals surface area (Å²) in [5, 5.41) is 3.77. The molecule has 2 fully saturated rings. The van der Waals surface area contributed by atoms with Gasteiger partial charge in [0.2, 0.25) is 0 Å². The van der Waals surface area contributed by atoms with Gasteiger partial charge in [-0.05, 0) is 37.3 Å². The number of benzene rings is 1. The van der Waals surface area contributed by atoms with E-state index in [1.165, 1.54) is 30.6 Å². The van der Waals surface area contributed by atoms with E-state index in [1.807, 2.05) is 0 Å². The van der Waals surface area contributed by atoms with Crippen molar-refractivity contribution in [2.75, 3.05) is 36.5 Å². The predicted molar refractivity (Wildman–Crippen MR) is 79.9 cm³/mol. The van der Waals surface area contributed by atoms with Crippen LogP contribution in [0.15, 0.2) is 24.3 Å². The highest BCUT2D eigenvalue weighted by Crippen LogP contribution is 2.37. The number of hydrogen-bond donors (Lipinski definition) is 1. The molecule has 104 valence electrons. The summed E-state index contributed by atoms with van der Waals surface area (Å²) in [6, 6.07) is 9.35. The van der Waals surface area contributed by atoms with Gasteiger partial charge in [-0.3, -0.25) is 0 Å². The summed E-state index contributed by atoms with van der Waals surface area (Å²) in [6.45, 7) is 5.97. The molecule has 3 nitrogen and oxygen atoms in total. The van der Waals surface area contributed by atoms with Gasteiger partial charge in [-0.2, -0.15) is 0 Å². The molecule has 1 unspecified atom stereocenters. The fourth-order valence-electron chi connectivity index (χ4n) is 2.93. The first kappa shape index (κ1) is 12.8. The molecule has 0 aromatic heterocycles. The number of para-hydroxylation sites is 2. The maximum Gasteiger partial charge on any atom is 0.0642 e. The van der Waals surface area contributed by atoms with Crippen LogP contribution in [-0.2, 0) is 4.74 Å². The van der Waals surface area contributed by atoms with Crippen molar-refractivity contribution in [2.45, 2.75) is 32.2 Å². The topological polar surface area (TPSA) is 24.5 Å². The van der Waals surface area contributed by atoms with Crippen LogP contribution >= 0.6 is 0 Å². The molecule has 1 aliphatic heterocycles. The summed E-state index contributed by atoms with van der Waals surface area (Å²) >= 11 is 0. The molecule has 0 bridgehead atoms. The largest absolute Gasteiger partial charge is 0.380 e. The zero-order valence-corrected chi connectivity index (χ0v) is 11.8. The second-order valence-corrected chi connectivity index (χ2v) is 5.61. The monoisotopic (exact) mass is 260 g/mol. The Kier molecular flexibility index (Phi) is 3.92. The number of ether oxygens (including phenoxy) is 1. The first-order chi connectivity index (χ1) is 9.38. The Balaban J connectivity index is 1.75. The van der Waals surface area contributed by atoms with Gasteiger partial charge in [-0.1, -0.05) is 19.1 Å². The van der Waals surface area contributed by atoms with Gasteiger partial charge in [0.15, 0.2) is 0 Å². The summed E-state index contributed by atoms with van der Waals surface area (Å²) in [6.07, 6.45) is 4.00. The van der Waals surface area contributed by atoms with Gasteiger partial charge in [0.25, 0.3) is 0 Å². The fourth-order valence-corrected chi connectivity index (χ4v) is 2.93. The Labute approximate surface area is 115 Å². The molecule has 0 amide bonds. The molecule has 3 rings (SSSR count). The van der Waals surface area contributed by atoms with E-state index >= 15 is 0 Å². The number of nitrogens with one attached hydrogen (secondary N) is 1. The van der Waals surface area contributed by atoms with E-state index in [9.17, 15) is 0 Å². The summed E-state index contributed by atoms with van der Waals surface area (Å²) in [4.78, 5) is 2.44. The Hall–Kier alpha value is -1.22. The third-order valence-corrected chi connectivity index (χ3v) is 4.23. The van der Waals surface area contributed by atoms with Crippen molar-refractivity contribution in [1.29, 1.82) is 0 Å². The lowest BCUT2D eigenvalue weighted by molar-refractivity contribution is 0.123. The smallest absolute Gasteiger partial charge is 0.0642 e. The molecule has 2 aliphatic rings. The van der Waals surface area contributed by atoms with Gasteiger partial charge in [-0.25, -0.2) is 0 Å². The van der Waals surface area contributed by atoms with Gasteiger partial charge in [0.1, 0.15) is 0 Å². The number of anilines is 2. The average molecular weight is 260 g/mol. The van der Waals surface area contributed by atoms with Crippen LogP contribution in [0.2, 0.25) is 0 Å². The third-order valence-electron chi connectivity index (χ3n) is 4.23. The number of rotatable bonds is 5. The van der Waals surface area contributed by atoms with Crippen molar-refractivity contribution in [3.63, 3.8) is 0 Å². The van der Waals surface area contributed by atoms with Crippen LogP contribution in [0, 0.1) is 5.92 Å². The van der Waals surface area contributed by atoms with Crippen molar-refractivity contribution >= 4 is 11.4 Å². The quantitative estimate of drug-likeness (QED) is 0.880. The Morgan fingerprint density at radius 3 is 2.68 bits per heavy atom. The van der Waals surface area contributed by atoms with E-state index < -0.39 is 0 Å². The summed E-state index contributed by atoms with van der Waals surface area (Å²) in [5.41, 5.74) is 2.63. The van der Waals surface area contributed by atoms with E-state index in [2.05, 4.69) is 41.4 Å². The van der Waals surface area contributed by atoms with Gasteiger partial charge < -0.3 is 15.0 Å². The van der Waals surface area contributed by atoms with Crippen molar-refractivity contribution in [1.82, 2.24) is 0 Å². The molecule has 1 saturated carbocycles. The zero-order chi connectivity index (χ0) is 13.1. The van der Waals surface area contributed by atoms with Gasteiger partial charge in [-0.15, -0.1) is 0 Å². The van der Waals surface area contributed by atoms with Crippen molar-refractivity contribution in [3.05, 3.63) is 24.3 Å². The van der Waals surface area contributed by atoms with Crippen LogP contribution in [0.5, 0.6) is 0 Å². The molecule has 1 aromatic carbocycles.